The van der Waals surface area contributed by atoms with E-state index in [9.17, 15) is 0 Å². The molecule has 0 spiro atoms. The molecular weight excluding hydrogens is 739 g/mol. The summed E-state index contributed by atoms with van der Waals surface area (Å²) in [5.74, 6) is 1.48. The van der Waals surface area contributed by atoms with Gasteiger partial charge in [0.05, 0.1) is 33.1 Å². The maximum Gasteiger partial charge on any atom is 0.165 e. The van der Waals surface area contributed by atoms with Crippen molar-refractivity contribution in [3.63, 3.8) is 0 Å². The summed E-state index contributed by atoms with van der Waals surface area (Å²) in [5.41, 5.74) is 11.4. The van der Waals surface area contributed by atoms with Gasteiger partial charge >= 0.3 is 0 Å². The van der Waals surface area contributed by atoms with Gasteiger partial charge in [-0.1, -0.05) is 60.7 Å². The molecule has 0 fully saturated rings. The molecule has 278 valence electrons. The van der Waals surface area contributed by atoms with E-state index in [0.717, 1.165) is 104 Å². The summed E-state index contributed by atoms with van der Waals surface area (Å²) in [4.78, 5) is 44.7. The van der Waals surface area contributed by atoms with Crippen LogP contribution in [-0.2, 0) is 0 Å². The van der Waals surface area contributed by atoms with Gasteiger partial charge in [-0.3, -0.25) is 29.9 Å². The molecular formula is C51H29N9. The molecule has 0 atom stereocenters. The van der Waals surface area contributed by atoms with Crippen molar-refractivity contribution in [1.82, 2.24) is 44.9 Å². The number of rotatable bonds is 5. The number of nitrogens with zero attached hydrogens (tertiary/aromatic N) is 9. The Morgan fingerprint density at radius 1 is 0.283 bits per heavy atom. The Hall–Kier alpha value is -8.43. The van der Waals surface area contributed by atoms with Crippen LogP contribution in [0.5, 0.6) is 0 Å². The van der Waals surface area contributed by atoms with Crippen molar-refractivity contribution in [2.24, 2.45) is 0 Å². The number of benzene rings is 5. The summed E-state index contributed by atoms with van der Waals surface area (Å²) in [6, 6.07) is 47.2. The van der Waals surface area contributed by atoms with Crippen molar-refractivity contribution in [2.45, 2.75) is 0 Å². The van der Waals surface area contributed by atoms with Crippen LogP contribution in [0.2, 0.25) is 0 Å². The van der Waals surface area contributed by atoms with Crippen molar-refractivity contribution in [2.75, 3.05) is 0 Å². The zero-order valence-electron chi connectivity index (χ0n) is 31.8. The fourth-order valence-electron chi connectivity index (χ4n) is 8.30. The monoisotopic (exact) mass is 767 g/mol. The molecule has 0 N–H and O–H groups in total. The number of para-hydroxylation sites is 2. The predicted octanol–water partition coefficient (Wildman–Crippen LogP) is 11.5. The maximum absolute atomic E-state index is 5.25. The summed E-state index contributed by atoms with van der Waals surface area (Å²) in [7, 11) is 0. The zero-order chi connectivity index (χ0) is 39.6. The highest BCUT2D eigenvalue weighted by atomic mass is 15.0. The lowest BCUT2D eigenvalue weighted by Crippen LogP contribution is -2.01. The third-order valence-electron chi connectivity index (χ3n) is 11.1. The second-order valence-corrected chi connectivity index (χ2v) is 14.7. The van der Waals surface area contributed by atoms with Crippen molar-refractivity contribution in [3.05, 3.63) is 177 Å². The third kappa shape index (κ3) is 5.67. The second-order valence-electron chi connectivity index (χ2n) is 14.7. The van der Waals surface area contributed by atoms with Crippen LogP contribution in [0.25, 0.3) is 122 Å². The number of pyridine rings is 6. The average molecular weight is 768 g/mol. The fraction of sp³-hybridized carbons (Fsp3) is 0. The minimum absolute atomic E-state index is 0.491. The van der Waals surface area contributed by atoms with Gasteiger partial charge in [0.2, 0.25) is 0 Å². The number of hydrogen-bond acceptors (Lipinski definition) is 9. The van der Waals surface area contributed by atoms with Gasteiger partial charge in [-0.05, 0) is 90.0 Å². The standard InChI is InChI=1S/C51H29N9/c1-3-15-41-30(9-1)21-37(28-56-41)50-58-49(59-51(60-50)38-22-31-10-2-4-16-42(31)57-29-38)36-24-34(45-39-13-7-17-52-43(39)26-32-11-5-19-54-47(32)45)23-35(25-36)46-40-14-8-18-53-44(40)27-33-12-6-20-55-48(33)46/h1-29H. The smallest absolute Gasteiger partial charge is 0.165 e. The molecule has 12 aromatic rings. The van der Waals surface area contributed by atoms with E-state index in [4.69, 9.17) is 44.9 Å². The third-order valence-corrected chi connectivity index (χ3v) is 11.1. The molecule has 12 rings (SSSR count). The zero-order valence-corrected chi connectivity index (χ0v) is 31.8. The lowest BCUT2D eigenvalue weighted by atomic mass is 9.90. The Balaban J connectivity index is 1.18. The van der Waals surface area contributed by atoms with Crippen molar-refractivity contribution < 1.29 is 0 Å². The molecule has 0 radical (unpaired) electrons. The van der Waals surface area contributed by atoms with E-state index in [1.165, 1.54) is 0 Å². The van der Waals surface area contributed by atoms with Gasteiger partial charge in [-0.25, -0.2) is 15.0 Å². The maximum atomic E-state index is 5.25. The lowest BCUT2D eigenvalue weighted by Gasteiger charge is -2.16. The molecule has 7 aromatic heterocycles. The number of aromatic nitrogens is 9. The van der Waals surface area contributed by atoms with Crippen LogP contribution >= 0.6 is 0 Å². The van der Waals surface area contributed by atoms with E-state index in [2.05, 4.69) is 66.7 Å². The minimum atomic E-state index is 0.491. The van der Waals surface area contributed by atoms with Crippen LogP contribution in [0.15, 0.2) is 177 Å². The first-order chi connectivity index (χ1) is 29.7. The first-order valence-corrected chi connectivity index (χ1v) is 19.6. The van der Waals surface area contributed by atoms with Crippen molar-refractivity contribution in [3.8, 4) is 56.4 Å². The van der Waals surface area contributed by atoms with E-state index in [1.807, 2.05) is 110 Å². The summed E-state index contributed by atoms with van der Waals surface area (Å²) < 4.78 is 0. The summed E-state index contributed by atoms with van der Waals surface area (Å²) >= 11 is 0. The van der Waals surface area contributed by atoms with E-state index in [0.29, 0.717) is 17.5 Å². The summed E-state index contributed by atoms with van der Waals surface area (Å²) in [6.07, 6.45) is 11.0. The van der Waals surface area contributed by atoms with Gasteiger partial charge in [0, 0.05) is 97.3 Å². The van der Waals surface area contributed by atoms with Crippen LogP contribution in [0.3, 0.4) is 0 Å². The van der Waals surface area contributed by atoms with Gasteiger partial charge in [-0.2, -0.15) is 0 Å². The first kappa shape index (κ1) is 33.7. The van der Waals surface area contributed by atoms with Gasteiger partial charge in [-0.15, -0.1) is 0 Å². The molecule has 0 aliphatic rings. The van der Waals surface area contributed by atoms with E-state index in [-0.39, 0.29) is 0 Å². The van der Waals surface area contributed by atoms with Crippen LogP contribution in [-0.4, -0.2) is 44.9 Å². The molecule has 60 heavy (non-hydrogen) atoms. The number of hydrogen-bond donors (Lipinski definition) is 0. The van der Waals surface area contributed by atoms with Gasteiger partial charge in [0.1, 0.15) is 0 Å². The highest BCUT2D eigenvalue weighted by Gasteiger charge is 2.21. The van der Waals surface area contributed by atoms with Crippen LogP contribution in [0.1, 0.15) is 0 Å². The van der Waals surface area contributed by atoms with Crippen molar-refractivity contribution in [1.29, 1.82) is 0 Å². The Kier molecular flexibility index (Phi) is 7.64. The molecule has 9 nitrogen and oxygen atoms in total. The summed E-state index contributed by atoms with van der Waals surface area (Å²) in [6.45, 7) is 0. The highest BCUT2D eigenvalue weighted by Crippen LogP contribution is 2.42. The quantitative estimate of drug-likeness (QED) is 0.158. The first-order valence-electron chi connectivity index (χ1n) is 19.6. The predicted molar refractivity (Wildman–Crippen MR) is 239 cm³/mol. The normalized spacial score (nSPS) is 11.7. The fourth-order valence-corrected chi connectivity index (χ4v) is 8.30. The summed E-state index contributed by atoms with van der Waals surface area (Å²) in [5, 5.41) is 5.92. The van der Waals surface area contributed by atoms with Crippen LogP contribution in [0.4, 0.5) is 0 Å². The Labute approximate surface area is 342 Å². The molecule has 7 heterocycles. The van der Waals surface area contributed by atoms with Crippen LogP contribution < -0.4 is 0 Å². The molecule has 0 saturated carbocycles. The van der Waals surface area contributed by atoms with Gasteiger partial charge < -0.3 is 0 Å². The second kappa shape index (κ2) is 13.6. The van der Waals surface area contributed by atoms with E-state index in [1.54, 1.807) is 0 Å². The van der Waals surface area contributed by atoms with Gasteiger partial charge in [0.15, 0.2) is 17.5 Å². The molecule has 0 saturated heterocycles. The Morgan fingerprint density at radius 2 is 0.700 bits per heavy atom. The van der Waals surface area contributed by atoms with E-state index >= 15 is 0 Å². The largest absolute Gasteiger partial charge is 0.256 e. The topological polar surface area (TPSA) is 116 Å². The molecule has 0 unspecified atom stereocenters. The van der Waals surface area contributed by atoms with E-state index < -0.39 is 0 Å². The lowest BCUT2D eigenvalue weighted by molar-refractivity contribution is 1.07. The average Bonchev–Trinajstić information content (AvgIpc) is 3.31. The molecule has 0 aliphatic heterocycles. The number of fused-ring (bicyclic) bond motifs is 6. The highest BCUT2D eigenvalue weighted by molar-refractivity contribution is 6.13. The molecule has 0 bridgehead atoms. The molecule has 5 aromatic carbocycles. The SMILES string of the molecule is c1ccc2ncc(-c3nc(-c4cc(-c5c6cccnc6cc6cccnc56)cc(-c5c6cccnc6cc6cccnc56)c4)nc(-c4cnc5ccccc5c4)n3)cc2c1. The molecule has 0 aliphatic carbocycles. The van der Waals surface area contributed by atoms with Crippen molar-refractivity contribution >= 4 is 65.4 Å². The Morgan fingerprint density at radius 3 is 1.22 bits per heavy atom. The molecule has 9 heteroatoms. The molecule has 0 amide bonds. The van der Waals surface area contributed by atoms with Gasteiger partial charge in [0.25, 0.3) is 0 Å². The van der Waals surface area contributed by atoms with Crippen LogP contribution in [0, 0.1) is 0 Å². The minimum Gasteiger partial charge on any atom is -0.256 e. The Bertz CT molecular complexity index is 3360.